The average molecular weight is 428 g/mol. The normalized spacial score (nSPS) is 17.0. The predicted molar refractivity (Wildman–Crippen MR) is 109 cm³/mol. The van der Waals surface area contributed by atoms with Crippen LogP contribution in [0.1, 0.15) is 22.8 Å². The molecule has 1 unspecified atom stereocenters. The van der Waals surface area contributed by atoms with Gasteiger partial charge in [0.1, 0.15) is 5.82 Å². The molecule has 2 aromatic rings. The maximum absolute atomic E-state index is 13.0. The molecular formula is C19H23ClFN3O3S. The zero-order valence-corrected chi connectivity index (χ0v) is 17.2. The Bertz CT molecular complexity index is 951. The molecule has 0 saturated carbocycles. The zero-order chi connectivity index (χ0) is 19.6. The lowest BCUT2D eigenvalue weighted by Gasteiger charge is -2.34. The number of nitrogens with one attached hydrogen (secondary N) is 2. The summed E-state index contributed by atoms with van der Waals surface area (Å²) in [6.07, 6.45) is 0. The number of nitrogens with zero attached hydrogens (tertiary/aromatic N) is 1. The Labute approximate surface area is 170 Å². The molecule has 6 nitrogen and oxygen atoms in total. The topological polar surface area (TPSA) is 78.5 Å². The van der Waals surface area contributed by atoms with Crippen LogP contribution in [0.5, 0.6) is 0 Å². The number of piperazine rings is 1. The summed E-state index contributed by atoms with van der Waals surface area (Å²) < 4.78 is 40.8. The van der Waals surface area contributed by atoms with Gasteiger partial charge in [0.2, 0.25) is 0 Å². The molecule has 9 heteroatoms. The third-order valence-corrected chi connectivity index (χ3v) is 5.99. The summed E-state index contributed by atoms with van der Waals surface area (Å²) in [5, 5.41) is 3.23. The third kappa shape index (κ3) is 4.81. The molecule has 1 amide bonds. The van der Waals surface area contributed by atoms with Crippen LogP contribution in [0.15, 0.2) is 47.4 Å². The van der Waals surface area contributed by atoms with Gasteiger partial charge in [-0.25, -0.2) is 12.8 Å². The van der Waals surface area contributed by atoms with E-state index in [0.29, 0.717) is 30.8 Å². The molecule has 1 saturated heterocycles. The minimum absolute atomic E-state index is 0. The van der Waals surface area contributed by atoms with Crippen LogP contribution in [0.25, 0.3) is 0 Å². The maximum Gasteiger partial charge on any atom is 0.261 e. The second-order valence-electron chi connectivity index (χ2n) is 6.64. The number of carbonyl (C=O) groups excluding carboxylic acids is 1. The van der Waals surface area contributed by atoms with Gasteiger partial charge in [-0.05, 0) is 55.8 Å². The SMILES string of the molecule is Cc1ccc(S(=O)(=O)Nc2ccc(F)cc2)cc1C(=O)N1CCNCC1C.Cl. The Balaban J connectivity index is 0.00000280. The number of anilines is 1. The highest BCUT2D eigenvalue weighted by molar-refractivity contribution is 7.92. The number of benzene rings is 2. The minimum Gasteiger partial charge on any atom is -0.333 e. The van der Waals surface area contributed by atoms with E-state index in [1.807, 2.05) is 6.92 Å². The largest absolute Gasteiger partial charge is 0.333 e. The Kier molecular flexibility index (Phi) is 7.03. The Hall–Kier alpha value is -2.16. The van der Waals surface area contributed by atoms with Crippen LogP contribution in [0, 0.1) is 12.7 Å². The number of halogens is 2. The monoisotopic (exact) mass is 427 g/mol. The summed E-state index contributed by atoms with van der Waals surface area (Å²) in [5.74, 6) is -0.633. The number of aryl methyl sites for hydroxylation is 1. The quantitative estimate of drug-likeness (QED) is 0.786. The van der Waals surface area contributed by atoms with Gasteiger partial charge in [0.15, 0.2) is 0 Å². The van der Waals surface area contributed by atoms with Crippen LogP contribution < -0.4 is 10.0 Å². The number of hydrogen-bond donors (Lipinski definition) is 2. The van der Waals surface area contributed by atoms with Crippen LogP contribution in [0.2, 0.25) is 0 Å². The first-order chi connectivity index (χ1) is 12.8. The first-order valence-corrected chi connectivity index (χ1v) is 10.2. The highest BCUT2D eigenvalue weighted by Gasteiger charge is 2.26. The molecule has 3 rings (SSSR count). The molecule has 152 valence electrons. The van der Waals surface area contributed by atoms with Gasteiger partial charge in [0.05, 0.1) is 4.90 Å². The molecule has 0 aliphatic carbocycles. The lowest BCUT2D eigenvalue weighted by Crippen LogP contribution is -2.52. The van der Waals surface area contributed by atoms with E-state index in [2.05, 4.69) is 10.0 Å². The maximum atomic E-state index is 13.0. The van der Waals surface area contributed by atoms with Gasteiger partial charge in [0, 0.05) is 36.9 Å². The van der Waals surface area contributed by atoms with Crippen molar-refractivity contribution < 1.29 is 17.6 Å². The van der Waals surface area contributed by atoms with E-state index in [0.717, 1.165) is 0 Å². The van der Waals surface area contributed by atoms with Gasteiger partial charge in [-0.3, -0.25) is 9.52 Å². The number of amides is 1. The van der Waals surface area contributed by atoms with Crippen molar-refractivity contribution in [3.63, 3.8) is 0 Å². The second kappa shape index (κ2) is 8.89. The van der Waals surface area contributed by atoms with E-state index >= 15 is 0 Å². The molecule has 1 heterocycles. The van der Waals surface area contributed by atoms with E-state index in [1.165, 1.54) is 36.4 Å². The summed E-state index contributed by atoms with van der Waals surface area (Å²) in [6, 6.07) is 9.55. The first kappa shape index (κ1) is 22.1. The molecule has 28 heavy (non-hydrogen) atoms. The Morgan fingerprint density at radius 2 is 1.89 bits per heavy atom. The van der Waals surface area contributed by atoms with Crippen LogP contribution >= 0.6 is 12.4 Å². The zero-order valence-electron chi connectivity index (χ0n) is 15.6. The lowest BCUT2D eigenvalue weighted by molar-refractivity contribution is 0.0654. The van der Waals surface area contributed by atoms with Crippen molar-refractivity contribution in [2.45, 2.75) is 24.8 Å². The lowest BCUT2D eigenvalue weighted by atomic mass is 10.1. The molecule has 0 aromatic heterocycles. The number of hydrogen-bond acceptors (Lipinski definition) is 4. The fourth-order valence-electron chi connectivity index (χ4n) is 3.03. The van der Waals surface area contributed by atoms with E-state index < -0.39 is 15.8 Å². The number of sulfonamides is 1. The summed E-state index contributed by atoms with van der Waals surface area (Å²) in [4.78, 5) is 14.7. The van der Waals surface area contributed by atoms with Gasteiger partial charge >= 0.3 is 0 Å². The van der Waals surface area contributed by atoms with Crippen molar-refractivity contribution in [2.75, 3.05) is 24.4 Å². The van der Waals surface area contributed by atoms with Crippen molar-refractivity contribution in [2.24, 2.45) is 0 Å². The Morgan fingerprint density at radius 1 is 1.21 bits per heavy atom. The predicted octanol–water partition coefficient (Wildman–Crippen LogP) is 2.79. The molecule has 2 N–H and O–H groups in total. The van der Waals surface area contributed by atoms with E-state index in [-0.39, 0.29) is 34.9 Å². The highest BCUT2D eigenvalue weighted by atomic mass is 35.5. The molecule has 0 spiro atoms. The van der Waals surface area contributed by atoms with Gasteiger partial charge in [-0.1, -0.05) is 6.07 Å². The van der Waals surface area contributed by atoms with Crippen molar-refractivity contribution in [1.29, 1.82) is 0 Å². The van der Waals surface area contributed by atoms with E-state index in [4.69, 9.17) is 0 Å². The Morgan fingerprint density at radius 3 is 2.54 bits per heavy atom. The fourth-order valence-corrected chi connectivity index (χ4v) is 4.11. The van der Waals surface area contributed by atoms with Gasteiger partial charge < -0.3 is 10.2 Å². The van der Waals surface area contributed by atoms with Crippen molar-refractivity contribution in [1.82, 2.24) is 10.2 Å². The fraction of sp³-hybridized carbons (Fsp3) is 0.316. The number of rotatable bonds is 4. The molecule has 1 fully saturated rings. The van der Waals surface area contributed by atoms with Gasteiger partial charge in [0.25, 0.3) is 15.9 Å². The molecule has 1 aliphatic rings. The van der Waals surface area contributed by atoms with E-state index in [9.17, 15) is 17.6 Å². The molecule has 1 aliphatic heterocycles. The highest BCUT2D eigenvalue weighted by Crippen LogP contribution is 2.21. The van der Waals surface area contributed by atoms with Crippen molar-refractivity contribution >= 4 is 34.0 Å². The first-order valence-electron chi connectivity index (χ1n) is 8.68. The third-order valence-electron chi connectivity index (χ3n) is 4.61. The molecule has 0 radical (unpaired) electrons. The van der Waals surface area contributed by atoms with Crippen molar-refractivity contribution in [3.05, 3.63) is 59.4 Å². The number of carbonyl (C=O) groups is 1. The summed E-state index contributed by atoms with van der Waals surface area (Å²) in [7, 11) is -3.90. The van der Waals surface area contributed by atoms with Crippen LogP contribution in [-0.2, 0) is 10.0 Å². The van der Waals surface area contributed by atoms with E-state index in [1.54, 1.807) is 17.9 Å². The standard InChI is InChI=1S/C19H22FN3O3S.ClH/c1-13-3-8-17(27(25,26)22-16-6-4-15(20)5-7-16)11-18(13)19(24)23-10-9-21-12-14(23)2;/h3-8,11,14,21-22H,9-10,12H2,1-2H3;1H. The van der Waals surface area contributed by atoms with Crippen LogP contribution in [0.3, 0.4) is 0 Å². The van der Waals surface area contributed by atoms with Crippen molar-refractivity contribution in [3.8, 4) is 0 Å². The molecule has 0 bridgehead atoms. The molecular weight excluding hydrogens is 405 g/mol. The second-order valence-corrected chi connectivity index (χ2v) is 8.32. The van der Waals surface area contributed by atoms with Gasteiger partial charge in [-0.15, -0.1) is 12.4 Å². The summed E-state index contributed by atoms with van der Waals surface area (Å²) >= 11 is 0. The average Bonchev–Trinajstić information content (AvgIpc) is 2.63. The molecule has 2 aromatic carbocycles. The van der Waals surface area contributed by atoms with Gasteiger partial charge in [-0.2, -0.15) is 0 Å². The smallest absolute Gasteiger partial charge is 0.261 e. The van der Waals surface area contributed by atoms with Crippen LogP contribution in [-0.4, -0.2) is 44.9 Å². The molecule has 1 atom stereocenters. The summed E-state index contributed by atoms with van der Waals surface area (Å²) in [5.41, 5.74) is 1.33. The minimum atomic E-state index is -3.90. The van der Waals surface area contributed by atoms with Crippen LogP contribution in [0.4, 0.5) is 10.1 Å². The summed E-state index contributed by atoms with van der Waals surface area (Å²) in [6.45, 7) is 5.72.